The van der Waals surface area contributed by atoms with Crippen LogP contribution >= 0.6 is 0 Å². The molecule has 0 radical (unpaired) electrons. The standard InChI is InChI=1S/C11H13F3N2/c1-2-10(11(12,13)14)15-7-8-5-3-4-6-9(8)16-10/h3-6,15-16H,2,7H2,1H3. The first kappa shape index (κ1) is 11.3. The number of alkyl halides is 3. The van der Waals surface area contributed by atoms with Crippen molar-refractivity contribution in [2.75, 3.05) is 5.32 Å². The number of para-hydroxylation sites is 1. The topological polar surface area (TPSA) is 24.1 Å². The summed E-state index contributed by atoms with van der Waals surface area (Å²) in [5.74, 6) is 0. The van der Waals surface area contributed by atoms with Gasteiger partial charge in [0, 0.05) is 12.2 Å². The largest absolute Gasteiger partial charge is 0.425 e. The Hall–Kier alpha value is -1.23. The highest BCUT2D eigenvalue weighted by molar-refractivity contribution is 5.55. The second kappa shape index (κ2) is 3.66. The molecule has 0 amide bonds. The van der Waals surface area contributed by atoms with Crippen LogP contribution in [0.2, 0.25) is 0 Å². The van der Waals surface area contributed by atoms with Gasteiger partial charge in [-0.25, -0.2) is 0 Å². The number of benzene rings is 1. The van der Waals surface area contributed by atoms with E-state index in [4.69, 9.17) is 0 Å². The molecule has 1 unspecified atom stereocenters. The van der Waals surface area contributed by atoms with E-state index in [9.17, 15) is 13.2 Å². The van der Waals surface area contributed by atoms with Gasteiger partial charge in [0.1, 0.15) is 0 Å². The third-order valence-electron chi connectivity index (χ3n) is 2.96. The van der Waals surface area contributed by atoms with Crippen LogP contribution in [-0.2, 0) is 6.54 Å². The highest BCUT2D eigenvalue weighted by atomic mass is 19.4. The number of halogens is 3. The zero-order valence-corrected chi connectivity index (χ0v) is 8.86. The molecule has 1 heterocycles. The average molecular weight is 230 g/mol. The lowest BCUT2D eigenvalue weighted by Crippen LogP contribution is -2.63. The van der Waals surface area contributed by atoms with Crippen molar-refractivity contribution in [3.63, 3.8) is 0 Å². The smallest absolute Gasteiger partial charge is 0.360 e. The van der Waals surface area contributed by atoms with Gasteiger partial charge in [-0.3, -0.25) is 5.32 Å². The molecule has 16 heavy (non-hydrogen) atoms. The molecule has 1 atom stereocenters. The third-order valence-corrected chi connectivity index (χ3v) is 2.96. The summed E-state index contributed by atoms with van der Waals surface area (Å²) in [6, 6.07) is 7.03. The minimum atomic E-state index is -4.31. The molecule has 0 saturated heterocycles. The van der Waals surface area contributed by atoms with Crippen molar-refractivity contribution in [3.05, 3.63) is 29.8 Å². The van der Waals surface area contributed by atoms with Gasteiger partial charge in [0.15, 0.2) is 5.66 Å². The summed E-state index contributed by atoms with van der Waals surface area (Å²) >= 11 is 0. The molecule has 1 aromatic carbocycles. The Bertz CT molecular complexity index is 389. The molecule has 0 spiro atoms. The fourth-order valence-electron chi connectivity index (χ4n) is 1.90. The normalized spacial score (nSPS) is 24.8. The molecule has 0 fully saturated rings. The lowest BCUT2D eigenvalue weighted by molar-refractivity contribution is -0.190. The predicted molar refractivity (Wildman–Crippen MR) is 56.0 cm³/mol. The van der Waals surface area contributed by atoms with Crippen molar-refractivity contribution in [3.8, 4) is 0 Å². The van der Waals surface area contributed by atoms with Crippen LogP contribution in [0.25, 0.3) is 0 Å². The molecule has 0 aromatic heterocycles. The maximum atomic E-state index is 13.0. The summed E-state index contributed by atoms with van der Waals surface area (Å²) in [6.07, 6.45) is -4.36. The van der Waals surface area contributed by atoms with Gasteiger partial charge < -0.3 is 5.32 Å². The highest BCUT2D eigenvalue weighted by Crippen LogP contribution is 2.37. The Morgan fingerprint density at radius 2 is 2.00 bits per heavy atom. The molecule has 1 aliphatic heterocycles. The Balaban J connectivity index is 2.36. The van der Waals surface area contributed by atoms with Crippen LogP contribution in [0, 0.1) is 0 Å². The maximum absolute atomic E-state index is 13.0. The van der Waals surface area contributed by atoms with Crippen LogP contribution in [-0.4, -0.2) is 11.8 Å². The van der Waals surface area contributed by atoms with E-state index in [1.165, 1.54) is 6.92 Å². The minimum Gasteiger partial charge on any atom is -0.360 e. The van der Waals surface area contributed by atoms with Crippen molar-refractivity contribution in [1.29, 1.82) is 0 Å². The molecule has 0 saturated carbocycles. The third kappa shape index (κ3) is 1.65. The second-order valence-corrected chi connectivity index (χ2v) is 3.89. The Labute approximate surface area is 91.8 Å². The van der Waals surface area contributed by atoms with Gasteiger partial charge >= 0.3 is 6.18 Å². The molecule has 2 N–H and O–H groups in total. The summed E-state index contributed by atoms with van der Waals surface area (Å²) in [6.45, 7) is 1.75. The first-order valence-electron chi connectivity index (χ1n) is 5.16. The van der Waals surface area contributed by atoms with Gasteiger partial charge in [0.25, 0.3) is 0 Å². The van der Waals surface area contributed by atoms with Crippen LogP contribution in [0.3, 0.4) is 0 Å². The zero-order chi connectivity index (χ0) is 11.8. The molecule has 1 aromatic rings. The highest BCUT2D eigenvalue weighted by Gasteiger charge is 2.54. The lowest BCUT2D eigenvalue weighted by atomic mass is 10.00. The van der Waals surface area contributed by atoms with Crippen molar-refractivity contribution in [2.24, 2.45) is 0 Å². The molecule has 0 bridgehead atoms. The predicted octanol–water partition coefficient (Wildman–Crippen LogP) is 2.87. The first-order chi connectivity index (χ1) is 7.48. The Morgan fingerprint density at radius 1 is 1.31 bits per heavy atom. The van der Waals surface area contributed by atoms with Crippen LogP contribution in [0.15, 0.2) is 24.3 Å². The number of nitrogens with one attached hydrogen (secondary N) is 2. The molecule has 88 valence electrons. The fourth-order valence-corrected chi connectivity index (χ4v) is 1.90. The molecular weight excluding hydrogens is 217 g/mol. The van der Waals surface area contributed by atoms with Gasteiger partial charge in [-0.05, 0) is 18.1 Å². The van der Waals surface area contributed by atoms with E-state index in [1.54, 1.807) is 12.1 Å². The van der Waals surface area contributed by atoms with Gasteiger partial charge in [-0.15, -0.1) is 0 Å². The van der Waals surface area contributed by atoms with Crippen molar-refractivity contribution >= 4 is 5.69 Å². The van der Waals surface area contributed by atoms with E-state index >= 15 is 0 Å². The molecule has 2 rings (SSSR count). The number of hydrogen-bond donors (Lipinski definition) is 2. The summed E-state index contributed by atoms with van der Waals surface area (Å²) in [5.41, 5.74) is -0.585. The number of anilines is 1. The zero-order valence-electron chi connectivity index (χ0n) is 8.86. The summed E-state index contributed by atoms with van der Waals surface area (Å²) in [7, 11) is 0. The second-order valence-electron chi connectivity index (χ2n) is 3.89. The SMILES string of the molecule is CCC1(C(F)(F)F)NCc2ccccc2N1. The van der Waals surface area contributed by atoms with E-state index in [0.717, 1.165) is 5.56 Å². The summed E-state index contributed by atoms with van der Waals surface area (Å²) in [4.78, 5) is 0. The summed E-state index contributed by atoms with van der Waals surface area (Å²) < 4.78 is 38.9. The van der Waals surface area contributed by atoms with Gasteiger partial charge in [0.2, 0.25) is 0 Å². The van der Waals surface area contributed by atoms with E-state index in [-0.39, 0.29) is 13.0 Å². The van der Waals surface area contributed by atoms with Gasteiger partial charge in [-0.2, -0.15) is 13.2 Å². The Kier molecular flexibility index (Phi) is 2.58. The monoisotopic (exact) mass is 230 g/mol. The fraction of sp³-hybridized carbons (Fsp3) is 0.455. The minimum absolute atomic E-state index is 0.0508. The van der Waals surface area contributed by atoms with E-state index in [1.807, 2.05) is 12.1 Å². The van der Waals surface area contributed by atoms with E-state index in [0.29, 0.717) is 5.69 Å². The molecular formula is C11H13F3N2. The van der Waals surface area contributed by atoms with E-state index in [2.05, 4.69) is 10.6 Å². The molecule has 5 heteroatoms. The maximum Gasteiger partial charge on any atom is 0.425 e. The molecule has 2 nitrogen and oxygen atoms in total. The quantitative estimate of drug-likeness (QED) is 0.775. The van der Waals surface area contributed by atoms with Gasteiger partial charge in [0.05, 0.1) is 0 Å². The average Bonchev–Trinajstić information content (AvgIpc) is 2.27. The van der Waals surface area contributed by atoms with Gasteiger partial charge in [-0.1, -0.05) is 25.1 Å². The number of rotatable bonds is 1. The molecule has 0 aliphatic carbocycles. The van der Waals surface area contributed by atoms with Crippen LogP contribution in [0.4, 0.5) is 18.9 Å². The number of fused-ring (bicyclic) bond motifs is 1. The Morgan fingerprint density at radius 3 is 2.62 bits per heavy atom. The van der Waals surface area contributed by atoms with E-state index < -0.39 is 11.8 Å². The summed E-state index contributed by atoms with van der Waals surface area (Å²) in [5, 5.41) is 5.11. The lowest BCUT2D eigenvalue weighted by Gasteiger charge is -2.41. The van der Waals surface area contributed by atoms with Crippen LogP contribution < -0.4 is 10.6 Å². The number of hydrogen-bond acceptors (Lipinski definition) is 2. The van der Waals surface area contributed by atoms with Crippen molar-refractivity contribution in [1.82, 2.24) is 5.32 Å². The van der Waals surface area contributed by atoms with Crippen molar-refractivity contribution in [2.45, 2.75) is 31.7 Å². The van der Waals surface area contributed by atoms with Crippen LogP contribution in [0.1, 0.15) is 18.9 Å². The van der Waals surface area contributed by atoms with Crippen LogP contribution in [0.5, 0.6) is 0 Å². The first-order valence-corrected chi connectivity index (χ1v) is 5.16. The van der Waals surface area contributed by atoms with Crippen molar-refractivity contribution < 1.29 is 13.2 Å². The molecule has 1 aliphatic rings.